The van der Waals surface area contributed by atoms with Crippen molar-refractivity contribution in [2.45, 2.75) is 25.8 Å². The molecule has 0 unspecified atom stereocenters. The highest BCUT2D eigenvalue weighted by atomic mass is 16.5. The number of carbonyl (C=O) groups is 2. The first-order valence-corrected chi connectivity index (χ1v) is 7.02. The number of carbonyl (C=O) groups excluding carboxylic acids is 2. The van der Waals surface area contributed by atoms with E-state index in [4.69, 9.17) is 4.74 Å². The number of nitrogens with zero attached hydrogens (tertiary/aromatic N) is 1. The summed E-state index contributed by atoms with van der Waals surface area (Å²) in [6.45, 7) is 3.17. The second-order valence-electron chi connectivity index (χ2n) is 5.43. The smallest absolute Gasteiger partial charge is 0.323 e. The van der Waals surface area contributed by atoms with Crippen LogP contribution in [-0.2, 0) is 9.53 Å². The predicted octanol–water partition coefficient (Wildman–Crippen LogP) is 2.14. The molecule has 1 fully saturated rings. The lowest BCUT2D eigenvalue weighted by Gasteiger charge is -2.36. The summed E-state index contributed by atoms with van der Waals surface area (Å²) in [5.74, 6) is 0.300. The van der Waals surface area contributed by atoms with Crippen LogP contribution in [0.25, 0.3) is 0 Å². The minimum absolute atomic E-state index is 0.0501. The molecule has 1 aromatic rings. The molecule has 1 aliphatic rings. The largest absolute Gasteiger partial charge is 0.468 e. The van der Waals surface area contributed by atoms with Crippen molar-refractivity contribution in [3.8, 4) is 0 Å². The Morgan fingerprint density at radius 3 is 2.65 bits per heavy atom. The summed E-state index contributed by atoms with van der Waals surface area (Å²) in [7, 11) is 1.40. The lowest BCUT2D eigenvalue weighted by atomic mass is 9.92. The Morgan fingerprint density at radius 1 is 1.30 bits per heavy atom. The number of hydrogen-bond donors (Lipinski definition) is 0. The summed E-state index contributed by atoms with van der Waals surface area (Å²) in [6, 6.07) is 8.91. The van der Waals surface area contributed by atoms with E-state index in [1.54, 1.807) is 0 Å². The normalized spacial score (nSPS) is 23.3. The fraction of sp³-hybridized carbons (Fsp3) is 0.500. The molecular formula is C16H21NO3. The molecule has 1 aromatic carbocycles. The van der Waals surface area contributed by atoms with E-state index < -0.39 is 0 Å². The molecule has 0 saturated carbocycles. The van der Waals surface area contributed by atoms with Crippen molar-refractivity contribution in [1.29, 1.82) is 0 Å². The molecule has 0 bridgehead atoms. The second kappa shape index (κ2) is 6.66. The fourth-order valence-corrected chi connectivity index (χ4v) is 2.66. The Bertz CT molecular complexity index is 472. The van der Waals surface area contributed by atoms with Gasteiger partial charge in [-0.15, -0.1) is 0 Å². The third kappa shape index (κ3) is 3.45. The van der Waals surface area contributed by atoms with Crippen molar-refractivity contribution in [2.24, 2.45) is 5.92 Å². The number of methoxy groups -OCH3 is 1. The Hall–Kier alpha value is -1.68. The molecule has 0 N–H and O–H groups in total. The molecule has 1 aliphatic heterocycles. The minimum atomic E-state index is -0.295. The lowest BCUT2D eigenvalue weighted by molar-refractivity contribution is -0.148. The molecule has 0 aromatic heterocycles. The van der Waals surface area contributed by atoms with Crippen LogP contribution in [0.15, 0.2) is 30.3 Å². The maximum atomic E-state index is 12.3. The van der Waals surface area contributed by atoms with Gasteiger partial charge in [0.05, 0.1) is 13.7 Å². The molecule has 4 nitrogen and oxygen atoms in total. The van der Waals surface area contributed by atoms with Gasteiger partial charge < -0.3 is 4.74 Å². The van der Waals surface area contributed by atoms with Crippen LogP contribution in [0.2, 0.25) is 0 Å². The van der Waals surface area contributed by atoms with Crippen LogP contribution >= 0.6 is 0 Å². The third-order valence-electron chi connectivity index (χ3n) is 3.89. The quantitative estimate of drug-likeness (QED) is 0.624. The topological polar surface area (TPSA) is 46.6 Å². The highest BCUT2D eigenvalue weighted by Crippen LogP contribution is 2.23. The first-order chi connectivity index (χ1) is 9.61. The summed E-state index contributed by atoms with van der Waals surface area (Å²) >= 11 is 0. The van der Waals surface area contributed by atoms with Gasteiger partial charge in [-0.05, 0) is 25.3 Å². The van der Waals surface area contributed by atoms with E-state index in [0.717, 1.165) is 19.4 Å². The van der Waals surface area contributed by atoms with Gasteiger partial charge >= 0.3 is 5.97 Å². The Labute approximate surface area is 119 Å². The van der Waals surface area contributed by atoms with Crippen molar-refractivity contribution >= 4 is 11.8 Å². The number of ketones is 1. The highest BCUT2D eigenvalue weighted by molar-refractivity contribution is 5.97. The minimum Gasteiger partial charge on any atom is -0.468 e. The Kier molecular flexibility index (Phi) is 4.90. The fourth-order valence-electron chi connectivity index (χ4n) is 2.66. The van der Waals surface area contributed by atoms with E-state index in [1.807, 2.05) is 35.2 Å². The van der Waals surface area contributed by atoms with Crippen LogP contribution in [0.4, 0.5) is 0 Å². The van der Waals surface area contributed by atoms with Gasteiger partial charge in [0.1, 0.15) is 6.04 Å². The summed E-state index contributed by atoms with van der Waals surface area (Å²) < 4.78 is 4.86. The van der Waals surface area contributed by atoms with Crippen LogP contribution in [0, 0.1) is 5.92 Å². The van der Waals surface area contributed by atoms with Crippen molar-refractivity contribution in [1.82, 2.24) is 4.90 Å². The average Bonchev–Trinajstić information content (AvgIpc) is 2.49. The van der Waals surface area contributed by atoms with Crippen molar-refractivity contribution in [3.63, 3.8) is 0 Å². The number of benzene rings is 1. The SMILES string of the molecule is COC(=O)[C@@H]1C[C@H](C)CCN1CC(=O)c1ccccc1. The zero-order chi connectivity index (χ0) is 14.5. The van der Waals surface area contributed by atoms with Crippen molar-refractivity contribution in [2.75, 3.05) is 20.2 Å². The maximum Gasteiger partial charge on any atom is 0.323 e. The summed E-state index contributed by atoms with van der Waals surface area (Å²) in [6.07, 6.45) is 1.77. The molecule has 108 valence electrons. The lowest BCUT2D eigenvalue weighted by Crippen LogP contribution is -2.49. The first kappa shape index (κ1) is 14.7. The molecule has 0 amide bonds. The molecule has 0 aliphatic carbocycles. The second-order valence-corrected chi connectivity index (χ2v) is 5.43. The van der Waals surface area contributed by atoms with E-state index >= 15 is 0 Å². The standard InChI is InChI=1S/C16H21NO3/c1-12-8-9-17(14(10-12)16(19)20-2)11-15(18)13-6-4-3-5-7-13/h3-7,12,14H,8-11H2,1-2H3/t12-,14+/m1/s1. The highest BCUT2D eigenvalue weighted by Gasteiger charge is 2.33. The van der Waals surface area contributed by atoms with Gasteiger partial charge in [-0.25, -0.2) is 0 Å². The van der Waals surface area contributed by atoms with Crippen LogP contribution in [-0.4, -0.2) is 42.9 Å². The number of esters is 1. The zero-order valence-corrected chi connectivity index (χ0v) is 12.0. The number of piperidine rings is 1. The molecule has 2 atom stereocenters. The zero-order valence-electron chi connectivity index (χ0n) is 12.0. The first-order valence-electron chi connectivity index (χ1n) is 7.02. The maximum absolute atomic E-state index is 12.3. The molecule has 2 rings (SSSR count). The summed E-state index contributed by atoms with van der Waals surface area (Å²) in [5, 5.41) is 0. The predicted molar refractivity (Wildman–Crippen MR) is 76.5 cm³/mol. The van der Waals surface area contributed by atoms with Gasteiger partial charge in [-0.3, -0.25) is 14.5 Å². The number of likely N-dealkylation sites (tertiary alicyclic amines) is 1. The average molecular weight is 275 g/mol. The summed E-state index contributed by atoms with van der Waals surface area (Å²) in [4.78, 5) is 26.1. The number of ether oxygens (including phenoxy) is 1. The molecule has 0 radical (unpaired) electrons. The Morgan fingerprint density at radius 2 is 2.00 bits per heavy atom. The van der Waals surface area contributed by atoms with Gasteiger partial charge in [0, 0.05) is 5.56 Å². The van der Waals surface area contributed by atoms with Gasteiger partial charge in [0.2, 0.25) is 0 Å². The van der Waals surface area contributed by atoms with E-state index in [9.17, 15) is 9.59 Å². The van der Waals surface area contributed by atoms with Crippen LogP contribution in [0.5, 0.6) is 0 Å². The van der Waals surface area contributed by atoms with Crippen molar-refractivity contribution < 1.29 is 14.3 Å². The summed E-state index contributed by atoms with van der Waals surface area (Å²) in [5.41, 5.74) is 0.690. The van der Waals surface area contributed by atoms with E-state index in [-0.39, 0.29) is 24.3 Å². The number of rotatable bonds is 4. The third-order valence-corrected chi connectivity index (χ3v) is 3.89. The molecule has 20 heavy (non-hydrogen) atoms. The Balaban J connectivity index is 2.06. The molecule has 4 heteroatoms. The number of Topliss-reactive ketones (excluding diaryl/α,β-unsaturated/α-hetero) is 1. The van der Waals surface area contributed by atoms with Crippen LogP contribution in [0.3, 0.4) is 0 Å². The van der Waals surface area contributed by atoms with Gasteiger partial charge in [0.25, 0.3) is 0 Å². The van der Waals surface area contributed by atoms with Crippen LogP contribution in [0.1, 0.15) is 30.1 Å². The van der Waals surface area contributed by atoms with Gasteiger partial charge in [-0.2, -0.15) is 0 Å². The van der Waals surface area contributed by atoms with Crippen molar-refractivity contribution in [3.05, 3.63) is 35.9 Å². The monoisotopic (exact) mass is 275 g/mol. The van der Waals surface area contributed by atoms with Crippen LogP contribution < -0.4 is 0 Å². The molecule has 1 saturated heterocycles. The molecule has 0 spiro atoms. The molecular weight excluding hydrogens is 254 g/mol. The van der Waals surface area contributed by atoms with E-state index in [1.165, 1.54) is 7.11 Å². The number of hydrogen-bond acceptors (Lipinski definition) is 4. The van der Waals surface area contributed by atoms with E-state index in [0.29, 0.717) is 11.5 Å². The van der Waals surface area contributed by atoms with Gasteiger partial charge in [-0.1, -0.05) is 37.3 Å². The van der Waals surface area contributed by atoms with Gasteiger partial charge in [0.15, 0.2) is 5.78 Å². The van der Waals surface area contributed by atoms with E-state index in [2.05, 4.69) is 6.92 Å². The molecule has 1 heterocycles.